The minimum Gasteiger partial charge on any atom is -0.383 e. The first-order valence-corrected chi connectivity index (χ1v) is 11.1. The van der Waals surface area contributed by atoms with Crippen LogP contribution in [0.25, 0.3) is 5.69 Å². The Kier molecular flexibility index (Phi) is 6.32. The number of benzene rings is 1. The lowest BCUT2D eigenvalue weighted by atomic mass is 9.97. The van der Waals surface area contributed by atoms with E-state index in [1.165, 1.54) is 11.3 Å². The van der Waals surface area contributed by atoms with Crippen molar-refractivity contribution in [3.05, 3.63) is 81.9 Å². The summed E-state index contributed by atoms with van der Waals surface area (Å²) in [6, 6.07) is 14.3. The SMILES string of the molecule is COCCN1C(=S)N[C@H](c2ccccn2)[C@H]1c1cc(C)n(-c2cccc(Cl)c2C)c1C. The van der Waals surface area contributed by atoms with Crippen LogP contribution >= 0.6 is 23.8 Å². The number of hydrogen-bond acceptors (Lipinski definition) is 3. The molecule has 3 heterocycles. The minimum absolute atomic E-state index is 0.0111. The standard InChI is InChI=1S/C24H27ClN4OS/c1-15-14-18(17(3)29(15)21-10-7-8-19(25)16(21)2)23-22(20-9-5-6-11-26-20)27-24(31)28(23)12-13-30-4/h5-11,14,22-23H,12-13H2,1-4H3,(H,27,31)/t22-,23-/m1/s1. The van der Waals surface area contributed by atoms with Crippen molar-refractivity contribution in [2.45, 2.75) is 32.9 Å². The minimum atomic E-state index is -0.0417. The van der Waals surface area contributed by atoms with E-state index in [2.05, 4.69) is 52.7 Å². The van der Waals surface area contributed by atoms with E-state index >= 15 is 0 Å². The summed E-state index contributed by atoms with van der Waals surface area (Å²) in [6.07, 6.45) is 1.83. The maximum absolute atomic E-state index is 6.43. The van der Waals surface area contributed by atoms with Gasteiger partial charge in [-0.1, -0.05) is 23.7 Å². The van der Waals surface area contributed by atoms with Crippen molar-refractivity contribution in [2.24, 2.45) is 0 Å². The molecule has 3 aromatic rings. The number of nitrogens with one attached hydrogen (secondary N) is 1. The molecular weight excluding hydrogens is 428 g/mol. The molecule has 2 atom stereocenters. The molecule has 1 aromatic carbocycles. The zero-order valence-electron chi connectivity index (χ0n) is 18.2. The maximum atomic E-state index is 6.43. The smallest absolute Gasteiger partial charge is 0.170 e. The van der Waals surface area contributed by atoms with E-state index in [1.54, 1.807) is 7.11 Å². The van der Waals surface area contributed by atoms with Crippen molar-refractivity contribution in [3.63, 3.8) is 0 Å². The highest BCUT2D eigenvalue weighted by Gasteiger charge is 2.41. The second kappa shape index (κ2) is 8.99. The number of nitrogens with zero attached hydrogens (tertiary/aromatic N) is 3. The molecule has 0 bridgehead atoms. The zero-order valence-corrected chi connectivity index (χ0v) is 19.8. The Morgan fingerprint density at radius 2 is 1.97 bits per heavy atom. The van der Waals surface area contributed by atoms with Crippen molar-refractivity contribution in [1.82, 2.24) is 19.8 Å². The Labute approximate surface area is 194 Å². The van der Waals surface area contributed by atoms with Crippen LogP contribution < -0.4 is 5.32 Å². The largest absolute Gasteiger partial charge is 0.383 e. The van der Waals surface area contributed by atoms with Crippen LogP contribution in [0.5, 0.6) is 0 Å². The molecule has 1 aliphatic heterocycles. The second-order valence-electron chi connectivity index (χ2n) is 7.86. The highest BCUT2D eigenvalue weighted by molar-refractivity contribution is 7.80. The number of thiocarbonyl (C=S) groups is 1. The van der Waals surface area contributed by atoms with Gasteiger partial charge in [-0.3, -0.25) is 4.98 Å². The normalized spacial score (nSPS) is 18.5. The molecule has 0 aliphatic carbocycles. The molecular formula is C24H27ClN4OS. The second-order valence-corrected chi connectivity index (χ2v) is 8.65. The summed E-state index contributed by atoms with van der Waals surface area (Å²) >= 11 is 12.2. The van der Waals surface area contributed by atoms with Gasteiger partial charge >= 0.3 is 0 Å². The summed E-state index contributed by atoms with van der Waals surface area (Å²) in [5, 5.41) is 4.99. The number of methoxy groups -OCH3 is 1. The molecule has 0 radical (unpaired) electrons. The fraction of sp³-hybridized carbons (Fsp3) is 0.333. The van der Waals surface area contributed by atoms with Crippen molar-refractivity contribution in [1.29, 1.82) is 0 Å². The van der Waals surface area contributed by atoms with E-state index in [0.717, 1.165) is 32.8 Å². The van der Waals surface area contributed by atoms with Gasteiger partial charge < -0.3 is 19.5 Å². The van der Waals surface area contributed by atoms with Crippen LogP contribution in [-0.4, -0.2) is 39.8 Å². The Bertz CT molecular complexity index is 1100. The molecule has 7 heteroatoms. The summed E-state index contributed by atoms with van der Waals surface area (Å²) < 4.78 is 7.65. The third kappa shape index (κ3) is 3.95. The third-order valence-corrected chi connectivity index (χ3v) is 6.76. The van der Waals surface area contributed by atoms with E-state index in [9.17, 15) is 0 Å². The molecule has 2 aromatic heterocycles. The van der Waals surface area contributed by atoms with Gasteiger partial charge in [-0.15, -0.1) is 0 Å². The lowest BCUT2D eigenvalue weighted by molar-refractivity contribution is 0.164. The monoisotopic (exact) mass is 454 g/mol. The molecule has 162 valence electrons. The molecule has 1 aliphatic rings. The van der Waals surface area contributed by atoms with Gasteiger partial charge in [0.1, 0.15) is 0 Å². The van der Waals surface area contributed by atoms with Gasteiger partial charge in [-0.05, 0) is 74.4 Å². The van der Waals surface area contributed by atoms with Crippen LogP contribution in [-0.2, 0) is 4.74 Å². The molecule has 0 saturated carbocycles. The Morgan fingerprint density at radius 1 is 1.16 bits per heavy atom. The Hall–Kier alpha value is -2.41. The highest BCUT2D eigenvalue weighted by atomic mass is 35.5. The molecule has 4 rings (SSSR count). The fourth-order valence-corrected chi connectivity index (χ4v) is 4.97. The van der Waals surface area contributed by atoms with E-state index in [4.69, 9.17) is 28.6 Å². The molecule has 0 unspecified atom stereocenters. The lowest BCUT2D eigenvalue weighted by Crippen LogP contribution is -2.32. The van der Waals surface area contributed by atoms with Crippen LogP contribution in [0.2, 0.25) is 5.02 Å². The Balaban J connectivity index is 1.84. The summed E-state index contributed by atoms with van der Waals surface area (Å²) in [4.78, 5) is 6.84. The molecule has 5 nitrogen and oxygen atoms in total. The van der Waals surface area contributed by atoms with Gasteiger partial charge in [0.25, 0.3) is 0 Å². The third-order valence-electron chi connectivity index (χ3n) is 6.00. The first-order valence-electron chi connectivity index (χ1n) is 10.4. The number of ether oxygens (including phenoxy) is 1. The quantitative estimate of drug-likeness (QED) is 0.526. The van der Waals surface area contributed by atoms with Crippen LogP contribution in [0, 0.1) is 20.8 Å². The molecule has 1 saturated heterocycles. The van der Waals surface area contributed by atoms with Crippen LogP contribution in [0.1, 0.15) is 40.3 Å². The topological polar surface area (TPSA) is 42.3 Å². The van der Waals surface area contributed by atoms with Gasteiger partial charge in [-0.2, -0.15) is 0 Å². The van der Waals surface area contributed by atoms with Gasteiger partial charge in [-0.25, -0.2) is 0 Å². The highest BCUT2D eigenvalue weighted by Crippen LogP contribution is 2.41. The predicted octanol–water partition coefficient (Wildman–Crippen LogP) is 5.07. The summed E-state index contributed by atoms with van der Waals surface area (Å²) in [5.41, 5.74) is 6.68. The number of hydrogen-bond donors (Lipinski definition) is 1. The van der Waals surface area contributed by atoms with Crippen molar-refractivity contribution in [3.8, 4) is 5.69 Å². The molecule has 0 amide bonds. The number of rotatable bonds is 6. The average molecular weight is 455 g/mol. The van der Waals surface area contributed by atoms with E-state index in [1.807, 2.05) is 36.5 Å². The fourth-order valence-electron chi connectivity index (χ4n) is 4.47. The van der Waals surface area contributed by atoms with Crippen molar-refractivity contribution >= 4 is 28.9 Å². The average Bonchev–Trinajstić information content (AvgIpc) is 3.24. The maximum Gasteiger partial charge on any atom is 0.170 e. The van der Waals surface area contributed by atoms with Crippen molar-refractivity contribution in [2.75, 3.05) is 20.3 Å². The molecule has 31 heavy (non-hydrogen) atoms. The summed E-state index contributed by atoms with van der Waals surface area (Å²) in [6.45, 7) is 7.65. The van der Waals surface area contributed by atoms with E-state index in [-0.39, 0.29) is 12.1 Å². The number of pyridine rings is 1. The number of aryl methyl sites for hydroxylation is 1. The molecule has 1 fully saturated rings. The summed E-state index contributed by atoms with van der Waals surface area (Å²) in [5.74, 6) is 0. The van der Waals surface area contributed by atoms with Gasteiger partial charge in [0.15, 0.2) is 5.11 Å². The summed E-state index contributed by atoms with van der Waals surface area (Å²) in [7, 11) is 1.71. The van der Waals surface area contributed by atoms with Crippen LogP contribution in [0.3, 0.4) is 0 Å². The van der Waals surface area contributed by atoms with Gasteiger partial charge in [0, 0.05) is 41.9 Å². The van der Waals surface area contributed by atoms with E-state index in [0.29, 0.717) is 13.2 Å². The Morgan fingerprint density at radius 3 is 2.68 bits per heavy atom. The first-order chi connectivity index (χ1) is 14.9. The zero-order chi connectivity index (χ0) is 22.1. The van der Waals surface area contributed by atoms with E-state index < -0.39 is 0 Å². The van der Waals surface area contributed by atoms with Crippen LogP contribution in [0.15, 0.2) is 48.7 Å². The lowest BCUT2D eigenvalue weighted by Gasteiger charge is -2.28. The number of aromatic nitrogens is 2. The van der Waals surface area contributed by atoms with Gasteiger partial charge in [0.05, 0.1) is 24.4 Å². The number of halogens is 1. The van der Waals surface area contributed by atoms with Crippen LogP contribution in [0.4, 0.5) is 0 Å². The first kappa shape index (κ1) is 21.8. The van der Waals surface area contributed by atoms with Crippen molar-refractivity contribution < 1.29 is 4.74 Å². The molecule has 0 spiro atoms. The molecule has 1 N–H and O–H groups in total. The van der Waals surface area contributed by atoms with Gasteiger partial charge in [0.2, 0.25) is 0 Å². The predicted molar refractivity (Wildman–Crippen MR) is 129 cm³/mol.